The molecule has 7 fully saturated rings. The molecular formula is C48H82O17. The second kappa shape index (κ2) is 19.0. The van der Waals surface area contributed by atoms with Crippen LogP contribution in [0.15, 0.2) is 11.6 Å². The molecule has 0 bridgehead atoms. The molecule has 0 aromatic carbocycles. The molecule has 0 spiro atoms. The van der Waals surface area contributed by atoms with Crippen LogP contribution in [0.1, 0.15) is 120 Å². The Morgan fingerprint density at radius 1 is 0.662 bits per heavy atom. The van der Waals surface area contributed by atoms with Gasteiger partial charge in [0.05, 0.1) is 37.1 Å². The van der Waals surface area contributed by atoms with E-state index in [-0.39, 0.29) is 46.5 Å². The molecule has 0 radical (unpaired) electrons. The standard InChI is InChI=1S/C48H82O17/c1-22(2)11-10-15-48(9,65-43-40(59)36(55)33(52)26(20-49)62-43)24-12-17-47(8)31(24)25(50)19-29-45(6)16-14-30(44(4,5)28(45)13-18-46(29,47)7)64-42-39(58)37(56)34(53)27(63-42)21-60-41-38(57)35(54)32(51)23(3)61-41/h11,23-43,49-59H,10,12-21H2,1-9H3/t23-,24?,25+,26+,27+,28?,29?,30-,31?,32+,33-,34+,35+,36+,37-,38+,39+,40+,41-,42+,43-,45+,46+,47+,48-/m0/s1. The van der Waals surface area contributed by atoms with Crippen molar-refractivity contribution in [3.63, 3.8) is 0 Å². The molecule has 3 heterocycles. The zero-order valence-corrected chi connectivity index (χ0v) is 39.8. The number of aliphatic hydroxyl groups excluding tert-OH is 11. The summed E-state index contributed by atoms with van der Waals surface area (Å²) in [4.78, 5) is 0. The first-order valence-electron chi connectivity index (χ1n) is 24.2. The highest BCUT2D eigenvalue weighted by Gasteiger charge is 2.72. The third-order valence-electron chi connectivity index (χ3n) is 18.7. The minimum Gasteiger partial charge on any atom is -0.394 e. The van der Waals surface area contributed by atoms with Gasteiger partial charge in [0, 0.05) is 0 Å². The van der Waals surface area contributed by atoms with Crippen molar-refractivity contribution in [3.05, 3.63) is 11.6 Å². The lowest BCUT2D eigenvalue weighted by Gasteiger charge is -2.71. The molecule has 376 valence electrons. The second-order valence-electron chi connectivity index (χ2n) is 22.9. The Kier molecular flexibility index (Phi) is 15.2. The lowest BCUT2D eigenvalue weighted by atomic mass is 9.35. The molecule has 25 atom stereocenters. The van der Waals surface area contributed by atoms with Gasteiger partial charge < -0.3 is 84.6 Å². The van der Waals surface area contributed by atoms with Gasteiger partial charge in [0.25, 0.3) is 0 Å². The molecule has 3 aliphatic heterocycles. The van der Waals surface area contributed by atoms with Crippen molar-refractivity contribution in [2.45, 2.75) is 230 Å². The van der Waals surface area contributed by atoms with E-state index in [9.17, 15) is 56.2 Å². The van der Waals surface area contributed by atoms with Crippen LogP contribution in [-0.2, 0) is 28.4 Å². The summed E-state index contributed by atoms with van der Waals surface area (Å²) in [7, 11) is 0. The van der Waals surface area contributed by atoms with Crippen LogP contribution in [0, 0.1) is 45.3 Å². The normalized spacial score (nSPS) is 53.0. The third kappa shape index (κ3) is 8.84. The monoisotopic (exact) mass is 931 g/mol. The van der Waals surface area contributed by atoms with E-state index in [1.807, 2.05) is 20.8 Å². The van der Waals surface area contributed by atoms with Gasteiger partial charge in [0.1, 0.15) is 67.1 Å². The summed E-state index contributed by atoms with van der Waals surface area (Å²) in [5.41, 5.74) is -0.913. The van der Waals surface area contributed by atoms with Crippen molar-refractivity contribution in [3.8, 4) is 0 Å². The van der Waals surface area contributed by atoms with Gasteiger partial charge in [-0.3, -0.25) is 0 Å². The molecule has 4 unspecified atom stereocenters. The maximum atomic E-state index is 12.6. The van der Waals surface area contributed by atoms with E-state index in [1.54, 1.807) is 0 Å². The SMILES string of the molecule is CC(C)=CCC[C@](C)(O[C@@H]1O[C@H](CO)[C@H](O)[C@@H](O)[C@H]1O)C1CC[C@]2(C)C1[C@H](O)CC1[C@]3(C)CC[C@H](O[C@H]4O[C@H](CO[C@H]5O[C@@H](C)[C@@H](O)[C@@H](O)[C@H]5O)[C@@H](O)[C@H](O)[C@H]4O)C(C)(C)C3CC[C@]12C. The van der Waals surface area contributed by atoms with Gasteiger partial charge in [0.2, 0.25) is 0 Å². The van der Waals surface area contributed by atoms with Crippen LogP contribution in [0.2, 0.25) is 0 Å². The lowest BCUT2D eigenvalue weighted by molar-refractivity contribution is -0.345. The predicted molar refractivity (Wildman–Crippen MR) is 232 cm³/mol. The third-order valence-corrected chi connectivity index (χ3v) is 18.7. The first-order valence-corrected chi connectivity index (χ1v) is 24.2. The van der Waals surface area contributed by atoms with E-state index < -0.39 is 122 Å². The number of ether oxygens (including phenoxy) is 6. The number of allylic oxidation sites excluding steroid dienone is 2. The fraction of sp³-hybridized carbons (Fsp3) is 0.958. The molecule has 7 rings (SSSR count). The van der Waals surface area contributed by atoms with Gasteiger partial charge in [0.15, 0.2) is 18.9 Å². The minimum absolute atomic E-state index is 0.141. The molecule has 7 aliphatic rings. The fourth-order valence-corrected chi connectivity index (χ4v) is 14.7. The zero-order valence-electron chi connectivity index (χ0n) is 39.8. The zero-order chi connectivity index (χ0) is 47.9. The van der Waals surface area contributed by atoms with E-state index in [0.717, 1.165) is 37.7 Å². The van der Waals surface area contributed by atoms with E-state index in [4.69, 9.17) is 28.4 Å². The average Bonchev–Trinajstić information content (AvgIpc) is 3.63. The van der Waals surface area contributed by atoms with E-state index in [2.05, 4.69) is 40.7 Å². The van der Waals surface area contributed by atoms with Crippen molar-refractivity contribution in [2.24, 2.45) is 45.3 Å². The van der Waals surface area contributed by atoms with Crippen LogP contribution in [0.25, 0.3) is 0 Å². The lowest BCUT2D eigenvalue weighted by Crippen LogP contribution is -2.67. The average molecular weight is 931 g/mol. The van der Waals surface area contributed by atoms with E-state index in [0.29, 0.717) is 25.7 Å². The molecule has 0 aromatic heterocycles. The smallest absolute Gasteiger partial charge is 0.187 e. The Morgan fingerprint density at radius 3 is 1.89 bits per heavy atom. The maximum Gasteiger partial charge on any atom is 0.187 e. The van der Waals surface area contributed by atoms with Crippen LogP contribution in [0.4, 0.5) is 0 Å². The van der Waals surface area contributed by atoms with Gasteiger partial charge in [-0.2, -0.15) is 0 Å². The summed E-state index contributed by atoms with van der Waals surface area (Å²) in [6, 6.07) is 0. The molecule has 65 heavy (non-hydrogen) atoms. The summed E-state index contributed by atoms with van der Waals surface area (Å²) in [5.74, 6) is -0.0150. The number of rotatable bonds is 12. The Hall–Kier alpha value is -0.940. The summed E-state index contributed by atoms with van der Waals surface area (Å²) in [6.45, 7) is 18.1. The highest BCUT2D eigenvalue weighted by atomic mass is 16.7. The Bertz CT molecular complexity index is 1660. The molecule has 0 amide bonds. The molecule has 17 nitrogen and oxygen atoms in total. The van der Waals surface area contributed by atoms with Crippen LogP contribution in [-0.4, -0.2) is 179 Å². The van der Waals surface area contributed by atoms with Crippen LogP contribution in [0.3, 0.4) is 0 Å². The van der Waals surface area contributed by atoms with E-state index in [1.165, 1.54) is 6.92 Å². The van der Waals surface area contributed by atoms with Crippen LogP contribution >= 0.6 is 0 Å². The summed E-state index contributed by atoms with van der Waals surface area (Å²) < 4.78 is 36.7. The predicted octanol–water partition coefficient (Wildman–Crippen LogP) is 1.00. The maximum absolute atomic E-state index is 12.6. The van der Waals surface area contributed by atoms with Crippen LogP contribution in [0.5, 0.6) is 0 Å². The highest BCUT2D eigenvalue weighted by Crippen LogP contribution is 2.76. The van der Waals surface area contributed by atoms with Gasteiger partial charge in [-0.25, -0.2) is 0 Å². The summed E-state index contributed by atoms with van der Waals surface area (Å²) >= 11 is 0. The van der Waals surface area contributed by atoms with Gasteiger partial charge in [-0.1, -0.05) is 46.3 Å². The van der Waals surface area contributed by atoms with Crippen molar-refractivity contribution in [2.75, 3.05) is 13.2 Å². The first-order chi connectivity index (χ1) is 30.3. The van der Waals surface area contributed by atoms with Crippen molar-refractivity contribution in [1.29, 1.82) is 0 Å². The molecule has 0 aromatic rings. The number of aliphatic hydroxyl groups is 11. The van der Waals surface area contributed by atoms with Gasteiger partial charge >= 0.3 is 0 Å². The summed E-state index contributed by atoms with van der Waals surface area (Å²) in [6.07, 6.45) is -13.3. The molecule has 11 N–H and O–H groups in total. The fourth-order valence-electron chi connectivity index (χ4n) is 14.7. The van der Waals surface area contributed by atoms with Crippen molar-refractivity contribution < 1.29 is 84.6 Å². The Balaban J connectivity index is 1.08. The van der Waals surface area contributed by atoms with Gasteiger partial charge in [-0.15, -0.1) is 0 Å². The number of hydrogen-bond acceptors (Lipinski definition) is 17. The van der Waals surface area contributed by atoms with Crippen molar-refractivity contribution >= 4 is 0 Å². The minimum atomic E-state index is -1.64. The molecule has 17 heteroatoms. The number of fused-ring (bicyclic) bond motifs is 5. The van der Waals surface area contributed by atoms with Crippen LogP contribution < -0.4 is 0 Å². The number of hydrogen-bond donors (Lipinski definition) is 11. The van der Waals surface area contributed by atoms with Crippen molar-refractivity contribution in [1.82, 2.24) is 0 Å². The van der Waals surface area contributed by atoms with E-state index >= 15 is 0 Å². The Morgan fingerprint density at radius 2 is 1.25 bits per heavy atom. The molecule has 3 saturated heterocycles. The molecular weight excluding hydrogens is 849 g/mol. The highest BCUT2D eigenvalue weighted by molar-refractivity contribution is 5.20. The molecule has 4 aliphatic carbocycles. The van der Waals surface area contributed by atoms with Gasteiger partial charge in [-0.05, 0) is 131 Å². The quantitative estimate of drug-likeness (QED) is 0.0962. The largest absolute Gasteiger partial charge is 0.394 e. The summed E-state index contributed by atoms with van der Waals surface area (Å²) in [5, 5.41) is 119. The Labute approximate surface area is 384 Å². The second-order valence-corrected chi connectivity index (χ2v) is 22.9. The first kappa shape index (κ1) is 51.9. The topological polar surface area (TPSA) is 278 Å². The molecule has 4 saturated carbocycles.